The Morgan fingerprint density at radius 3 is 2.56 bits per heavy atom. The van der Waals surface area contributed by atoms with E-state index in [0.29, 0.717) is 18.9 Å². The summed E-state index contributed by atoms with van der Waals surface area (Å²) in [5, 5.41) is 10.1. The third-order valence-electron chi connectivity index (χ3n) is 4.54. The van der Waals surface area contributed by atoms with E-state index in [9.17, 15) is 13.5 Å². The van der Waals surface area contributed by atoms with Crippen LogP contribution in [0, 0.1) is 11.8 Å². The van der Waals surface area contributed by atoms with Gasteiger partial charge in [-0.05, 0) is 37.5 Å². The second kappa shape index (κ2) is 5.47. The molecule has 1 N–H and O–H groups in total. The average Bonchev–Trinajstić information content (AvgIpc) is 2.73. The van der Waals surface area contributed by atoms with Gasteiger partial charge in [-0.2, -0.15) is 0 Å². The Balaban J connectivity index is 2.00. The van der Waals surface area contributed by atoms with Gasteiger partial charge in [0.05, 0.1) is 17.5 Å². The second-order valence-electron chi connectivity index (χ2n) is 5.97. The number of aliphatic hydroxyl groups excluding tert-OH is 1. The largest absolute Gasteiger partial charge is 0.390 e. The van der Waals surface area contributed by atoms with Crippen molar-refractivity contribution in [3.05, 3.63) is 0 Å². The summed E-state index contributed by atoms with van der Waals surface area (Å²) >= 11 is 0. The van der Waals surface area contributed by atoms with Crippen molar-refractivity contribution in [3.63, 3.8) is 0 Å². The van der Waals surface area contributed by atoms with Crippen LogP contribution in [0.4, 0.5) is 0 Å². The topological polar surface area (TPSA) is 63.6 Å². The van der Waals surface area contributed by atoms with Gasteiger partial charge in [0.15, 0.2) is 0 Å². The van der Waals surface area contributed by atoms with Crippen molar-refractivity contribution in [2.75, 3.05) is 12.9 Å². The highest BCUT2D eigenvalue weighted by molar-refractivity contribution is 7.91. The summed E-state index contributed by atoms with van der Waals surface area (Å²) < 4.78 is 28.9. The van der Waals surface area contributed by atoms with Crippen LogP contribution < -0.4 is 0 Å². The number of hydrogen-bond donors (Lipinski definition) is 1. The summed E-state index contributed by atoms with van der Waals surface area (Å²) in [6.45, 7) is 2.81. The van der Waals surface area contributed by atoms with Gasteiger partial charge >= 0.3 is 0 Å². The molecule has 18 heavy (non-hydrogen) atoms. The van der Waals surface area contributed by atoms with Gasteiger partial charge in [0.1, 0.15) is 9.84 Å². The lowest BCUT2D eigenvalue weighted by Crippen LogP contribution is -2.41. The minimum absolute atomic E-state index is 0.0732. The first-order chi connectivity index (χ1) is 8.39. The summed E-state index contributed by atoms with van der Waals surface area (Å²) in [5.74, 6) is 0.447. The molecule has 1 saturated heterocycles. The number of ether oxygens (including phenoxy) is 1. The molecular weight excluding hydrogens is 252 g/mol. The molecule has 2 rings (SSSR count). The van der Waals surface area contributed by atoms with Crippen LogP contribution >= 0.6 is 0 Å². The maximum Gasteiger partial charge on any atom is 0.150 e. The van der Waals surface area contributed by atoms with E-state index in [4.69, 9.17) is 4.74 Å². The Morgan fingerprint density at radius 1 is 1.28 bits per heavy atom. The molecule has 0 aromatic heterocycles. The van der Waals surface area contributed by atoms with Crippen LogP contribution in [0.15, 0.2) is 0 Å². The van der Waals surface area contributed by atoms with Gasteiger partial charge in [-0.1, -0.05) is 13.3 Å². The normalized spacial score (nSPS) is 39.7. The highest BCUT2D eigenvalue weighted by Gasteiger charge is 2.39. The Bertz CT molecular complexity index is 378. The van der Waals surface area contributed by atoms with Crippen LogP contribution in [0.3, 0.4) is 0 Å². The van der Waals surface area contributed by atoms with E-state index in [1.165, 1.54) is 6.26 Å². The van der Waals surface area contributed by atoms with E-state index in [1.54, 1.807) is 0 Å². The Kier molecular flexibility index (Phi) is 4.34. The van der Waals surface area contributed by atoms with Gasteiger partial charge in [0, 0.05) is 12.9 Å². The van der Waals surface area contributed by atoms with Crippen molar-refractivity contribution in [3.8, 4) is 0 Å². The van der Waals surface area contributed by atoms with Crippen LogP contribution in [-0.2, 0) is 14.6 Å². The van der Waals surface area contributed by atoms with E-state index in [0.717, 1.165) is 25.7 Å². The molecule has 5 atom stereocenters. The van der Waals surface area contributed by atoms with Crippen molar-refractivity contribution in [2.24, 2.45) is 11.8 Å². The molecule has 0 amide bonds. The minimum Gasteiger partial charge on any atom is -0.390 e. The number of sulfone groups is 1. The smallest absolute Gasteiger partial charge is 0.150 e. The van der Waals surface area contributed by atoms with Crippen molar-refractivity contribution < 1.29 is 18.3 Å². The van der Waals surface area contributed by atoms with E-state index in [-0.39, 0.29) is 17.3 Å². The zero-order valence-electron chi connectivity index (χ0n) is 11.2. The lowest BCUT2D eigenvalue weighted by Gasteiger charge is -2.34. The first kappa shape index (κ1) is 14.3. The standard InChI is InChI=1S/C13H24O4S/c1-9-6-7-17-13(9)12(14)10-4-3-5-11(8-10)18(2,15)16/h9-14H,3-8H2,1-2H3. The summed E-state index contributed by atoms with van der Waals surface area (Å²) in [7, 11) is -2.98. The van der Waals surface area contributed by atoms with Crippen LogP contribution in [0.2, 0.25) is 0 Å². The molecule has 1 saturated carbocycles. The van der Waals surface area contributed by atoms with Gasteiger partial charge in [0.2, 0.25) is 0 Å². The van der Waals surface area contributed by atoms with E-state index < -0.39 is 15.9 Å². The lowest BCUT2D eigenvalue weighted by molar-refractivity contribution is -0.0526. The van der Waals surface area contributed by atoms with Gasteiger partial charge in [-0.15, -0.1) is 0 Å². The van der Waals surface area contributed by atoms with Gasteiger partial charge in [-0.25, -0.2) is 8.42 Å². The molecule has 0 spiro atoms. The van der Waals surface area contributed by atoms with Gasteiger partial charge in [-0.3, -0.25) is 0 Å². The monoisotopic (exact) mass is 276 g/mol. The summed E-state index contributed by atoms with van der Waals surface area (Å²) in [4.78, 5) is 0. The Labute approximate surface area is 110 Å². The van der Waals surface area contributed by atoms with Crippen LogP contribution in [0.1, 0.15) is 39.0 Å². The molecule has 106 valence electrons. The molecule has 0 aromatic carbocycles. The predicted octanol–water partition coefficient (Wildman–Crippen LogP) is 1.38. The SMILES string of the molecule is CC1CCOC1C(O)C1CCCC(S(C)(=O)=O)C1. The second-order valence-corrected chi connectivity index (χ2v) is 8.30. The van der Waals surface area contributed by atoms with E-state index >= 15 is 0 Å². The summed E-state index contributed by atoms with van der Waals surface area (Å²) in [6.07, 6.45) is 4.82. The minimum atomic E-state index is -2.98. The molecule has 1 aliphatic heterocycles. The molecule has 0 bridgehead atoms. The molecule has 0 aromatic rings. The highest BCUT2D eigenvalue weighted by atomic mass is 32.2. The fraction of sp³-hybridized carbons (Fsp3) is 1.00. The Morgan fingerprint density at radius 2 is 2.00 bits per heavy atom. The van der Waals surface area contributed by atoms with Crippen molar-refractivity contribution in [1.29, 1.82) is 0 Å². The van der Waals surface area contributed by atoms with Crippen LogP contribution in [-0.4, -0.2) is 43.8 Å². The predicted molar refractivity (Wildman–Crippen MR) is 70.1 cm³/mol. The third kappa shape index (κ3) is 3.06. The van der Waals surface area contributed by atoms with Crippen LogP contribution in [0.5, 0.6) is 0 Å². The maximum atomic E-state index is 11.6. The molecule has 0 radical (unpaired) electrons. The fourth-order valence-corrected chi connectivity index (χ4v) is 4.49. The summed E-state index contributed by atoms with van der Waals surface area (Å²) in [5.41, 5.74) is 0. The van der Waals surface area contributed by atoms with Crippen molar-refractivity contribution in [2.45, 2.75) is 56.5 Å². The first-order valence-electron chi connectivity index (χ1n) is 6.88. The molecule has 5 unspecified atom stereocenters. The molecular formula is C13H24O4S. The lowest BCUT2D eigenvalue weighted by atomic mass is 9.81. The molecule has 4 nitrogen and oxygen atoms in total. The van der Waals surface area contributed by atoms with E-state index in [2.05, 4.69) is 6.92 Å². The zero-order valence-corrected chi connectivity index (χ0v) is 12.0. The summed E-state index contributed by atoms with van der Waals surface area (Å²) in [6, 6.07) is 0. The van der Waals surface area contributed by atoms with E-state index in [1.807, 2.05) is 0 Å². The molecule has 1 aliphatic carbocycles. The van der Waals surface area contributed by atoms with Crippen LogP contribution in [0.25, 0.3) is 0 Å². The third-order valence-corrected chi connectivity index (χ3v) is 6.18. The average molecular weight is 276 g/mol. The first-order valence-corrected chi connectivity index (χ1v) is 8.83. The number of hydrogen-bond acceptors (Lipinski definition) is 4. The number of rotatable bonds is 3. The van der Waals surface area contributed by atoms with Crippen molar-refractivity contribution >= 4 is 9.84 Å². The fourth-order valence-electron chi connectivity index (χ4n) is 3.30. The molecule has 2 aliphatic rings. The van der Waals surface area contributed by atoms with Crippen molar-refractivity contribution in [1.82, 2.24) is 0 Å². The quantitative estimate of drug-likeness (QED) is 0.846. The number of aliphatic hydroxyl groups is 1. The Hall–Kier alpha value is -0.130. The zero-order chi connectivity index (χ0) is 13.3. The maximum absolute atomic E-state index is 11.6. The van der Waals surface area contributed by atoms with Gasteiger partial charge < -0.3 is 9.84 Å². The molecule has 1 heterocycles. The molecule has 5 heteroatoms. The highest BCUT2D eigenvalue weighted by Crippen LogP contribution is 2.35. The van der Waals surface area contributed by atoms with Gasteiger partial charge in [0.25, 0.3) is 0 Å². The molecule has 2 fully saturated rings.